The van der Waals surface area contributed by atoms with E-state index in [2.05, 4.69) is 29.3 Å². The Morgan fingerprint density at radius 3 is 2.20 bits per heavy atom. The van der Waals surface area contributed by atoms with Crippen molar-refractivity contribution in [1.29, 1.82) is 0 Å². The molecule has 0 saturated carbocycles. The summed E-state index contributed by atoms with van der Waals surface area (Å²) in [6, 6.07) is 1.81. The summed E-state index contributed by atoms with van der Waals surface area (Å²) in [7, 11) is 0. The van der Waals surface area contributed by atoms with Crippen molar-refractivity contribution in [2.45, 2.75) is 6.92 Å². The number of carboxylic acids is 1. The molecule has 1 rings (SSSR count). The molecule has 0 bridgehead atoms. The van der Waals surface area contributed by atoms with Crippen LogP contribution in [0.2, 0.25) is 0 Å². The maximum Gasteiger partial charge on any atom is 0.341 e. The zero-order valence-corrected chi connectivity index (χ0v) is 11.9. The molecule has 108 valence electrons. The van der Waals surface area contributed by atoms with Gasteiger partial charge in [-0.05, 0) is 32.0 Å². The van der Waals surface area contributed by atoms with Gasteiger partial charge in [0, 0.05) is 5.56 Å². The minimum absolute atomic E-state index is 0.123. The summed E-state index contributed by atoms with van der Waals surface area (Å²) in [5.74, 6) is -3.97. The molecular weight excluding hydrogens is 286 g/mol. The minimum Gasteiger partial charge on any atom is -0.477 e. The molecule has 0 fully saturated rings. The highest BCUT2D eigenvalue weighted by atomic mass is 32.1. The Balaban J connectivity index is 0.00000172. The number of hydrogen-bond acceptors (Lipinski definition) is 3. The maximum atomic E-state index is 13.4. The average Bonchev–Trinajstić information content (AvgIpc) is 2.40. The highest BCUT2D eigenvalue weighted by Crippen LogP contribution is 2.22. The topological polar surface area (TPSA) is 62.0 Å². The standard InChI is InChI=1S/C12H10F2N2O2.CH4S/c1-3-10(16-6-15-2)7-4-8(13)11(12(17)18)9(14)5-7;1-2/h3-6H,2H2,1H3,(H,17,18);2H,1H3/b10-3-,16-6?;. The van der Waals surface area contributed by atoms with E-state index in [0.717, 1.165) is 18.5 Å². The molecule has 1 N–H and O–H groups in total. The van der Waals surface area contributed by atoms with Crippen molar-refractivity contribution in [3.05, 3.63) is 41.0 Å². The Hall–Kier alpha value is -2.02. The molecule has 1 aromatic rings. The summed E-state index contributed by atoms with van der Waals surface area (Å²) in [4.78, 5) is 17.8. The second-order valence-electron chi connectivity index (χ2n) is 3.22. The van der Waals surface area contributed by atoms with Gasteiger partial charge in [0.25, 0.3) is 0 Å². The predicted octanol–water partition coefficient (Wildman–Crippen LogP) is 3.30. The molecule has 0 unspecified atom stereocenters. The Kier molecular flexibility index (Phi) is 8.07. The number of carbonyl (C=O) groups is 1. The third kappa shape index (κ3) is 4.58. The van der Waals surface area contributed by atoms with E-state index in [1.807, 2.05) is 0 Å². The van der Waals surface area contributed by atoms with Crippen LogP contribution in [0.5, 0.6) is 0 Å². The summed E-state index contributed by atoms with van der Waals surface area (Å²) in [6.07, 6.45) is 4.33. The number of aliphatic imine (C=N–C) groups is 2. The van der Waals surface area contributed by atoms with Gasteiger partial charge in [-0.15, -0.1) is 0 Å². The molecule has 4 nitrogen and oxygen atoms in total. The number of rotatable bonds is 4. The van der Waals surface area contributed by atoms with Crippen LogP contribution in [0.3, 0.4) is 0 Å². The first-order valence-corrected chi connectivity index (χ1v) is 6.22. The Morgan fingerprint density at radius 1 is 1.35 bits per heavy atom. The summed E-state index contributed by atoms with van der Waals surface area (Å²) in [6.45, 7) is 4.80. The molecule has 0 spiro atoms. The monoisotopic (exact) mass is 300 g/mol. The number of thiol groups is 1. The molecule has 0 radical (unpaired) electrons. The first-order valence-electron chi connectivity index (χ1n) is 5.33. The normalized spacial score (nSPS) is 10.9. The van der Waals surface area contributed by atoms with E-state index in [0.29, 0.717) is 0 Å². The van der Waals surface area contributed by atoms with Crippen molar-refractivity contribution in [1.82, 2.24) is 0 Å². The molecule has 0 aromatic heterocycles. The van der Waals surface area contributed by atoms with Crippen LogP contribution in [0.4, 0.5) is 8.78 Å². The van der Waals surface area contributed by atoms with Crippen molar-refractivity contribution in [2.75, 3.05) is 6.26 Å². The van der Waals surface area contributed by atoms with Gasteiger partial charge in [0.05, 0.1) is 5.70 Å². The Morgan fingerprint density at radius 2 is 1.85 bits per heavy atom. The van der Waals surface area contributed by atoms with Gasteiger partial charge < -0.3 is 5.11 Å². The van der Waals surface area contributed by atoms with Crippen molar-refractivity contribution in [3.8, 4) is 0 Å². The van der Waals surface area contributed by atoms with E-state index in [1.165, 1.54) is 6.08 Å². The van der Waals surface area contributed by atoms with Crippen LogP contribution in [0.15, 0.2) is 28.2 Å². The first-order chi connectivity index (χ1) is 9.51. The van der Waals surface area contributed by atoms with Crippen LogP contribution in [-0.2, 0) is 0 Å². The molecular formula is C13H14F2N2O2S. The van der Waals surface area contributed by atoms with Crippen molar-refractivity contribution in [2.24, 2.45) is 9.98 Å². The lowest BCUT2D eigenvalue weighted by Gasteiger charge is -2.05. The molecule has 0 heterocycles. The highest BCUT2D eigenvalue weighted by molar-refractivity contribution is 7.79. The summed E-state index contributed by atoms with van der Waals surface area (Å²) in [5.41, 5.74) is -0.602. The minimum atomic E-state index is -1.66. The number of benzene rings is 1. The number of hydrogen-bond donors (Lipinski definition) is 2. The molecule has 0 saturated heterocycles. The van der Waals surface area contributed by atoms with E-state index in [-0.39, 0.29) is 11.3 Å². The van der Waals surface area contributed by atoms with Gasteiger partial charge in [0.15, 0.2) is 0 Å². The smallest absolute Gasteiger partial charge is 0.341 e. The molecule has 0 aliphatic heterocycles. The van der Waals surface area contributed by atoms with Crippen LogP contribution < -0.4 is 0 Å². The van der Waals surface area contributed by atoms with Crippen LogP contribution in [0.25, 0.3) is 5.70 Å². The molecule has 1 aromatic carbocycles. The van der Waals surface area contributed by atoms with Gasteiger partial charge in [-0.1, -0.05) is 6.08 Å². The van der Waals surface area contributed by atoms with Gasteiger partial charge in [-0.2, -0.15) is 12.6 Å². The van der Waals surface area contributed by atoms with Gasteiger partial charge >= 0.3 is 5.97 Å². The molecule has 0 atom stereocenters. The lowest BCUT2D eigenvalue weighted by molar-refractivity contribution is 0.0686. The lowest BCUT2D eigenvalue weighted by atomic mass is 10.1. The van der Waals surface area contributed by atoms with Gasteiger partial charge in [0.1, 0.15) is 23.5 Å². The van der Waals surface area contributed by atoms with Gasteiger partial charge in [0.2, 0.25) is 0 Å². The van der Waals surface area contributed by atoms with Gasteiger partial charge in [-0.25, -0.2) is 18.6 Å². The Labute approximate surface area is 121 Å². The fourth-order valence-corrected chi connectivity index (χ4v) is 1.34. The van der Waals surface area contributed by atoms with Gasteiger partial charge in [-0.3, -0.25) is 4.99 Å². The summed E-state index contributed by atoms with van der Waals surface area (Å²) < 4.78 is 26.9. The zero-order valence-electron chi connectivity index (χ0n) is 11.0. The van der Waals surface area contributed by atoms with Crippen molar-refractivity contribution < 1.29 is 18.7 Å². The van der Waals surface area contributed by atoms with Crippen molar-refractivity contribution >= 4 is 37.4 Å². The largest absolute Gasteiger partial charge is 0.477 e. The SMILES string of the molecule is C=NC=N/C(=C\C)c1cc(F)c(C(=O)O)c(F)c1.CS. The maximum absolute atomic E-state index is 13.4. The van der Waals surface area contributed by atoms with Crippen LogP contribution in [-0.4, -0.2) is 30.4 Å². The van der Waals surface area contributed by atoms with E-state index in [9.17, 15) is 13.6 Å². The quantitative estimate of drug-likeness (QED) is 0.509. The fraction of sp³-hybridized carbons (Fsp3) is 0.154. The average molecular weight is 300 g/mol. The third-order valence-electron chi connectivity index (χ3n) is 2.10. The number of halogens is 2. The Bertz CT molecular complexity index is 534. The second kappa shape index (κ2) is 8.98. The molecule has 20 heavy (non-hydrogen) atoms. The van der Waals surface area contributed by atoms with E-state index >= 15 is 0 Å². The molecule has 0 aliphatic carbocycles. The highest BCUT2D eigenvalue weighted by Gasteiger charge is 2.18. The molecule has 0 amide bonds. The number of carboxylic acid groups (broad SMARTS) is 1. The lowest BCUT2D eigenvalue weighted by Crippen LogP contribution is -2.05. The summed E-state index contributed by atoms with van der Waals surface area (Å²) in [5, 5.41) is 8.63. The van der Waals surface area contributed by atoms with Crippen LogP contribution in [0.1, 0.15) is 22.8 Å². The number of aromatic carboxylic acids is 1. The second-order valence-corrected chi connectivity index (χ2v) is 3.22. The van der Waals surface area contributed by atoms with E-state index in [4.69, 9.17) is 5.11 Å². The third-order valence-corrected chi connectivity index (χ3v) is 2.10. The molecule has 7 heteroatoms. The van der Waals surface area contributed by atoms with Crippen LogP contribution >= 0.6 is 12.6 Å². The predicted molar refractivity (Wildman–Crippen MR) is 79.9 cm³/mol. The zero-order chi connectivity index (χ0) is 15.7. The fourth-order valence-electron chi connectivity index (χ4n) is 1.34. The summed E-state index contributed by atoms with van der Waals surface area (Å²) >= 11 is 3.53. The first kappa shape index (κ1) is 18.0. The number of allylic oxidation sites excluding steroid dienone is 1. The van der Waals surface area contributed by atoms with E-state index in [1.54, 1.807) is 13.2 Å². The number of nitrogens with zero attached hydrogens (tertiary/aromatic N) is 2. The van der Waals surface area contributed by atoms with Crippen molar-refractivity contribution in [3.63, 3.8) is 0 Å². The van der Waals surface area contributed by atoms with E-state index < -0.39 is 23.2 Å². The molecule has 0 aliphatic rings. The van der Waals surface area contributed by atoms with Crippen LogP contribution in [0, 0.1) is 11.6 Å².